The number of carbonyl (C=O) groups is 1. The summed E-state index contributed by atoms with van der Waals surface area (Å²) in [4.78, 5) is 15.2. The third-order valence-corrected chi connectivity index (χ3v) is 3.80. The second kappa shape index (κ2) is 6.05. The van der Waals surface area contributed by atoms with Crippen LogP contribution in [-0.2, 0) is 12.8 Å². The van der Waals surface area contributed by atoms with Gasteiger partial charge in [-0.15, -0.1) is 0 Å². The zero-order valence-corrected chi connectivity index (χ0v) is 12.8. The van der Waals surface area contributed by atoms with E-state index in [1.54, 1.807) is 13.0 Å². The molecule has 0 saturated carbocycles. The molecule has 3 rings (SSSR count). The van der Waals surface area contributed by atoms with Gasteiger partial charge in [-0.2, -0.15) is 0 Å². The fourth-order valence-electron chi connectivity index (χ4n) is 2.65. The van der Waals surface area contributed by atoms with Gasteiger partial charge in [-0.05, 0) is 30.9 Å². The first-order valence-corrected chi connectivity index (χ1v) is 7.48. The van der Waals surface area contributed by atoms with Crippen molar-refractivity contribution in [3.8, 4) is 0 Å². The highest BCUT2D eigenvalue weighted by atomic mass is 16.5. The number of fused-ring (bicyclic) bond motifs is 1. The number of hydrogen-bond donors (Lipinski definition) is 2. The molecule has 114 valence electrons. The molecule has 0 spiro atoms. The number of aromatic nitrogens is 2. The number of rotatable bonds is 5. The molecule has 1 amide bonds. The number of aromatic amines is 1. The molecular weight excluding hydrogens is 278 g/mol. The van der Waals surface area contributed by atoms with Crippen molar-refractivity contribution < 1.29 is 9.32 Å². The average Bonchev–Trinajstić information content (AvgIpc) is 3.13. The molecule has 0 saturated heterocycles. The molecule has 2 aromatic heterocycles. The number of carbonyl (C=O) groups excluding carboxylic acids is 1. The van der Waals surface area contributed by atoms with Crippen molar-refractivity contribution in [2.45, 2.75) is 26.7 Å². The molecule has 3 aromatic rings. The fourth-order valence-corrected chi connectivity index (χ4v) is 2.65. The monoisotopic (exact) mass is 297 g/mol. The summed E-state index contributed by atoms with van der Waals surface area (Å²) in [7, 11) is 0. The molecule has 0 aliphatic heterocycles. The quantitative estimate of drug-likeness (QED) is 0.760. The first-order chi connectivity index (χ1) is 10.7. The van der Waals surface area contributed by atoms with E-state index in [9.17, 15) is 4.79 Å². The lowest BCUT2D eigenvalue weighted by Gasteiger charge is -2.03. The van der Waals surface area contributed by atoms with Crippen LogP contribution in [0.1, 0.15) is 34.3 Å². The Hall–Kier alpha value is -2.56. The minimum absolute atomic E-state index is 0.227. The average molecular weight is 297 g/mol. The van der Waals surface area contributed by atoms with Crippen molar-refractivity contribution in [2.24, 2.45) is 0 Å². The third-order valence-electron chi connectivity index (χ3n) is 3.80. The standard InChI is InChI=1S/C17H19N3O2/c1-3-12-5-4-6-14-13(10-19-16(12)14)7-8-18-17(21)15-9-11(2)20-22-15/h4-6,9-10,19H,3,7-8H2,1-2H3,(H,18,21). The number of para-hydroxylation sites is 1. The SMILES string of the molecule is CCc1cccc2c(CCNC(=O)c3cc(C)no3)c[nH]c12. The topological polar surface area (TPSA) is 70.9 Å². The number of H-pyrrole nitrogens is 1. The van der Waals surface area contributed by atoms with Gasteiger partial charge in [0.15, 0.2) is 0 Å². The van der Waals surface area contributed by atoms with Gasteiger partial charge in [0.1, 0.15) is 0 Å². The van der Waals surface area contributed by atoms with Gasteiger partial charge in [0.2, 0.25) is 5.76 Å². The molecule has 0 fully saturated rings. The van der Waals surface area contributed by atoms with E-state index in [1.165, 1.54) is 22.0 Å². The molecule has 0 radical (unpaired) electrons. The summed E-state index contributed by atoms with van der Waals surface area (Å²) in [6.07, 6.45) is 3.79. The van der Waals surface area contributed by atoms with E-state index in [4.69, 9.17) is 4.52 Å². The predicted octanol–water partition coefficient (Wildman–Crippen LogP) is 3.00. The second-order valence-electron chi connectivity index (χ2n) is 5.35. The van der Waals surface area contributed by atoms with E-state index in [-0.39, 0.29) is 11.7 Å². The van der Waals surface area contributed by atoms with Crippen LogP contribution in [-0.4, -0.2) is 22.6 Å². The van der Waals surface area contributed by atoms with Crippen LogP contribution in [0, 0.1) is 6.92 Å². The number of benzene rings is 1. The number of amides is 1. The van der Waals surface area contributed by atoms with Crippen LogP contribution in [0.2, 0.25) is 0 Å². The summed E-state index contributed by atoms with van der Waals surface area (Å²) in [6, 6.07) is 7.96. The molecule has 1 aromatic carbocycles. The Bertz CT molecular complexity index is 801. The lowest BCUT2D eigenvalue weighted by atomic mass is 10.1. The fraction of sp³-hybridized carbons (Fsp3) is 0.294. The van der Waals surface area contributed by atoms with Crippen LogP contribution in [0.25, 0.3) is 10.9 Å². The summed E-state index contributed by atoms with van der Waals surface area (Å²) in [5.41, 5.74) is 4.41. The van der Waals surface area contributed by atoms with Crippen molar-refractivity contribution >= 4 is 16.8 Å². The van der Waals surface area contributed by atoms with Gasteiger partial charge in [-0.1, -0.05) is 30.3 Å². The van der Waals surface area contributed by atoms with Crippen molar-refractivity contribution in [2.75, 3.05) is 6.54 Å². The molecule has 5 heteroatoms. The molecule has 0 aliphatic carbocycles. The maximum atomic E-state index is 11.9. The molecular formula is C17H19N3O2. The Balaban J connectivity index is 1.66. The van der Waals surface area contributed by atoms with Crippen LogP contribution in [0.15, 0.2) is 35.0 Å². The van der Waals surface area contributed by atoms with Crippen LogP contribution in [0.4, 0.5) is 0 Å². The summed E-state index contributed by atoms with van der Waals surface area (Å²) in [5, 5.41) is 7.80. The minimum Gasteiger partial charge on any atom is -0.361 e. The first kappa shape index (κ1) is 14.4. The van der Waals surface area contributed by atoms with Crippen molar-refractivity contribution in [3.63, 3.8) is 0 Å². The summed E-state index contributed by atoms with van der Waals surface area (Å²) < 4.78 is 4.95. The van der Waals surface area contributed by atoms with Crippen molar-refractivity contribution in [1.29, 1.82) is 0 Å². The Labute approximate surface area is 128 Å². The van der Waals surface area contributed by atoms with Gasteiger partial charge in [-0.3, -0.25) is 4.79 Å². The largest absolute Gasteiger partial charge is 0.361 e. The van der Waals surface area contributed by atoms with Crippen LogP contribution in [0.3, 0.4) is 0 Å². The van der Waals surface area contributed by atoms with Gasteiger partial charge in [0.25, 0.3) is 5.91 Å². The second-order valence-corrected chi connectivity index (χ2v) is 5.35. The van der Waals surface area contributed by atoms with Crippen LogP contribution >= 0.6 is 0 Å². The van der Waals surface area contributed by atoms with Crippen LogP contribution < -0.4 is 5.32 Å². The predicted molar refractivity (Wildman–Crippen MR) is 85.0 cm³/mol. The highest BCUT2D eigenvalue weighted by Crippen LogP contribution is 2.22. The smallest absolute Gasteiger partial charge is 0.289 e. The van der Waals surface area contributed by atoms with Gasteiger partial charge in [-0.25, -0.2) is 0 Å². The zero-order chi connectivity index (χ0) is 15.5. The van der Waals surface area contributed by atoms with Gasteiger partial charge < -0.3 is 14.8 Å². The molecule has 5 nitrogen and oxygen atoms in total. The van der Waals surface area contributed by atoms with Gasteiger partial charge in [0, 0.05) is 29.7 Å². The first-order valence-electron chi connectivity index (χ1n) is 7.48. The number of nitrogens with zero attached hydrogens (tertiary/aromatic N) is 1. The lowest BCUT2D eigenvalue weighted by molar-refractivity contribution is 0.0917. The Morgan fingerprint density at radius 3 is 2.95 bits per heavy atom. The van der Waals surface area contributed by atoms with Crippen LogP contribution in [0.5, 0.6) is 0 Å². The Morgan fingerprint density at radius 2 is 2.23 bits per heavy atom. The Kier molecular flexibility index (Phi) is 3.96. The molecule has 0 atom stereocenters. The van der Waals surface area contributed by atoms with Gasteiger partial charge >= 0.3 is 0 Å². The molecule has 22 heavy (non-hydrogen) atoms. The lowest BCUT2D eigenvalue weighted by Crippen LogP contribution is -2.25. The van der Waals surface area contributed by atoms with Crippen molar-refractivity contribution in [1.82, 2.24) is 15.5 Å². The number of hydrogen-bond acceptors (Lipinski definition) is 3. The summed E-state index contributed by atoms with van der Waals surface area (Å²) in [6.45, 7) is 4.49. The molecule has 0 bridgehead atoms. The highest BCUT2D eigenvalue weighted by Gasteiger charge is 2.11. The maximum absolute atomic E-state index is 11.9. The molecule has 2 heterocycles. The Morgan fingerprint density at radius 1 is 1.36 bits per heavy atom. The normalized spacial score (nSPS) is 11.0. The molecule has 2 N–H and O–H groups in total. The summed E-state index contributed by atoms with van der Waals surface area (Å²) >= 11 is 0. The molecule has 0 aliphatic rings. The molecule has 0 unspecified atom stereocenters. The third kappa shape index (κ3) is 2.74. The van der Waals surface area contributed by atoms with E-state index < -0.39 is 0 Å². The van der Waals surface area contributed by atoms with E-state index in [2.05, 4.69) is 40.6 Å². The van der Waals surface area contributed by atoms with E-state index >= 15 is 0 Å². The highest BCUT2D eigenvalue weighted by molar-refractivity contribution is 5.91. The maximum Gasteiger partial charge on any atom is 0.289 e. The zero-order valence-electron chi connectivity index (χ0n) is 12.8. The number of nitrogens with one attached hydrogen (secondary N) is 2. The van der Waals surface area contributed by atoms with E-state index in [1.807, 2.05) is 6.20 Å². The van der Waals surface area contributed by atoms with E-state index in [0.717, 1.165) is 12.8 Å². The minimum atomic E-state index is -0.227. The van der Waals surface area contributed by atoms with E-state index in [0.29, 0.717) is 12.2 Å². The number of aryl methyl sites for hydroxylation is 2. The summed E-state index contributed by atoms with van der Waals surface area (Å²) in [5.74, 6) is 0.0272. The van der Waals surface area contributed by atoms with Crippen molar-refractivity contribution in [3.05, 3.63) is 53.0 Å². The van der Waals surface area contributed by atoms with Gasteiger partial charge in [0.05, 0.1) is 5.69 Å².